The number of nitriles is 1. The summed E-state index contributed by atoms with van der Waals surface area (Å²) in [7, 11) is 0. The van der Waals surface area contributed by atoms with Gasteiger partial charge in [0.2, 0.25) is 11.8 Å². The second-order valence-corrected chi connectivity index (χ2v) is 12.7. The normalized spacial score (nSPS) is 19.9. The number of nitrogens with zero attached hydrogens (tertiary/aromatic N) is 3. The maximum atomic E-state index is 13.9. The van der Waals surface area contributed by atoms with Crippen LogP contribution in [0.2, 0.25) is 0 Å². The summed E-state index contributed by atoms with van der Waals surface area (Å²) in [5.41, 5.74) is -0.824. The molecule has 2 heterocycles. The number of hydrogen-bond donors (Lipinski definition) is 2. The lowest BCUT2D eigenvalue weighted by Gasteiger charge is -2.36. The van der Waals surface area contributed by atoms with Crippen LogP contribution in [0.25, 0.3) is 10.8 Å². The molecule has 9 heteroatoms. The minimum atomic E-state index is -0.924. The number of alkyl carbamates (subject to hydrolysis) is 1. The van der Waals surface area contributed by atoms with Gasteiger partial charge in [-0.2, -0.15) is 5.26 Å². The van der Waals surface area contributed by atoms with E-state index in [-0.39, 0.29) is 17.2 Å². The molecule has 2 aromatic rings. The summed E-state index contributed by atoms with van der Waals surface area (Å²) in [6.45, 7) is 11.3. The van der Waals surface area contributed by atoms with E-state index in [1.54, 1.807) is 38.1 Å². The Labute approximate surface area is 223 Å². The Morgan fingerprint density at radius 3 is 2.39 bits per heavy atom. The van der Waals surface area contributed by atoms with Crippen LogP contribution in [-0.2, 0) is 14.3 Å². The van der Waals surface area contributed by atoms with Crippen LogP contribution in [0.1, 0.15) is 72.4 Å². The SMILES string of the molecule is CC(C)(C)OC(=O)N[C@H](C(=O)N1CC2(CC2)C[C@H]1C(=O)NC(C#N)c1cncc2ccccc12)C(C)(C)C. The van der Waals surface area contributed by atoms with Crippen LogP contribution in [0.3, 0.4) is 0 Å². The molecule has 9 nitrogen and oxygen atoms in total. The molecule has 38 heavy (non-hydrogen) atoms. The van der Waals surface area contributed by atoms with Gasteiger partial charge < -0.3 is 20.3 Å². The average molecular weight is 520 g/mol. The highest BCUT2D eigenvalue weighted by atomic mass is 16.6. The van der Waals surface area contributed by atoms with Gasteiger partial charge in [-0.25, -0.2) is 4.79 Å². The molecular formula is C29H37N5O4. The molecule has 1 spiro atoms. The summed E-state index contributed by atoms with van der Waals surface area (Å²) < 4.78 is 5.41. The molecule has 2 aliphatic rings. The maximum absolute atomic E-state index is 13.9. The fourth-order valence-corrected chi connectivity index (χ4v) is 5.09. The predicted octanol–water partition coefficient (Wildman–Crippen LogP) is 4.24. The van der Waals surface area contributed by atoms with E-state index in [2.05, 4.69) is 21.7 Å². The van der Waals surface area contributed by atoms with Crippen LogP contribution >= 0.6 is 0 Å². The summed E-state index contributed by atoms with van der Waals surface area (Å²) in [5.74, 6) is -0.709. The summed E-state index contributed by atoms with van der Waals surface area (Å²) in [6.07, 6.45) is 5.04. The second kappa shape index (κ2) is 9.90. The van der Waals surface area contributed by atoms with Crippen molar-refractivity contribution in [2.24, 2.45) is 10.8 Å². The van der Waals surface area contributed by atoms with Crippen molar-refractivity contribution in [3.05, 3.63) is 42.2 Å². The lowest BCUT2D eigenvalue weighted by molar-refractivity contribution is -0.142. The molecule has 1 aromatic heterocycles. The molecule has 3 atom stereocenters. The third-order valence-electron chi connectivity index (χ3n) is 7.25. The first-order valence-corrected chi connectivity index (χ1v) is 13.1. The van der Waals surface area contributed by atoms with Crippen LogP contribution in [0, 0.1) is 22.2 Å². The van der Waals surface area contributed by atoms with Crippen molar-refractivity contribution in [3.8, 4) is 6.07 Å². The molecule has 1 aliphatic heterocycles. The number of carbonyl (C=O) groups excluding carboxylic acids is 3. The Hall–Kier alpha value is -3.67. The summed E-state index contributed by atoms with van der Waals surface area (Å²) in [6, 6.07) is 7.19. The molecule has 2 N–H and O–H groups in total. The zero-order chi connectivity index (χ0) is 27.9. The van der Waals surface area contributed by atoms with Gasteiger partial charge in [-0.15, -0.1) is 0 Å². The number of rotatable bonds is 5. The number of benzene rings is 1. The van der Waals surface area contributed by atoms with Crippen LogP contribution in [-0.4, -0.2) is 52.0 Å². The van der Waals surface area contributed by atoms with Gasteiger partial charge in [-0.3, -0.25) is 14.6 Å². The lowest BCUT2D eigenvalue weighted by Crippen LogP contribution is -2.58. The van der Waals surface area contributed by atoms with E-state index < -0.39 is 35.2 Å². The third-order valence-corrected chi connectivity index (χ3v) is 7.25. The van der Waals surface area contributed by atoms with Crippen molar-refractivity contribution in [2.75, 3.05) is 6.54 Å². The van der Waals surface area contributed by atoms with Gasteiger partial charge in [0, 0.05) is 29.9 Å². The van der Waals surface area contributed by atoms with E-state index in [4.69, 9.17) is 4.74 Å². The van der Waals surface area contributed by atoms with E-state index in [1.807, 2.05) is 45.0 Å². The highest BCUT2D eigenvalue weighted by molar-refractivity contribution is 5.93. The van der Waals surface area contributed by atoms with Crippen molar-refractivity contribution in [2.45, 2.75) is 84.5 Å². The van der Waals surface area contributed by atoms with Crippen molar-refractivity contribution < 1.29 is 19.1 Å². The predicted molar refractivity (Wildman–Crippen MR) is 143 cm³/mol. The molecule has 0 radical (unpaired) electrons. The number of amides is 3. The minimum Gasteiger partial charge on any atom is -0.444 e. The second-order valence-electron chi connectivity index (χ2n) is 12.7. The molecule has 1 saturated carbocycles. The van der Waals surface area contributed by atoms with Gasteiger partial charge in [0.1, 0.15) is 23.7 Å². The average Bonchev–Trinajstić information content (AvgIpc) is 3.48. The molecule has 1 aromatic carbocycles. The van der Waals surface area contributed by atoms with Crippen LogP contribution < -0.4 is 10.6 Å². The van der Waals surface area contributed by atoms with Gasteiger partial charge in [0.05, 0.1) is 6.07 Å². The third kappa shape index (κ3) is 5.90. The molecule has 1 unspecified atom stereocenters. The van der Waals surface area contributed by atoms with Gasteiger partial charge in [0.15, 0.2) is 0 Å². The molecule has 2 fully saturated rings. The van der Waals surface area contributed by atoms with Crippen LogP contribution in [0.15, 0.2) is 36.7 Å². The topological polar surface area (TPSA) is 124 Å². The number of nitrogens with one attached hydrogen (secondary N) is 2. The number of carbonyl (C=O) groups is 3. The number of ether oxygens (including phenoxy) is 1. The summed E-state index contributed by atoms with van der Waals surface area (Å²) in [4.78, 5) is 46.0. The monoisotopic (exact) mass is 519 g/mol. The van der Waals surface area contributed by atoms with Gasteiger partial charge in [0.25, 0.3) is 0 Å². The summed E-state index contributed by atoms with van der Waals surface area (Å²) >= 11 is 0. The van der Waals surface area contributed by atoms with Crippen LogP contribution in [0.4, 0.5) is 4.79 Å². The van der Waals surface area contributed by atoms with E-state index in [1.165, 1.54) is 0 Å². The number of hydrogen-bond acceptors (Lipinski definition) is 6. The van der Waals surface area contributed by atoms with Gasteiger partial charge >= 0.3 is 6.09 Å². The molecule has 1 aliphatic carbocycles. The van der Waals surface area contributed by atoms with Crippen LogP contribution in [0.5, 0.6) is 0 Å². The fourth-order valence-electron chi connectivity index (χ4n) is 5.09. The van der Waals surface area contributed by atoms with Gasteiger partial charge in [-0.05, 0) is 56.2 Å². The fraction of sp³-hybridized carbons (Fsp3) is 0.552. The Morgan fingerprint density at radius 2 is 1.79 bits per heavy atom. The summed E-state index contributed by atoms with van der Waals surface area (Å²) in [5, 5.41) is 17.3. The Morgan fingerprint density at radius 1 is 1.11 bits per heavy atom. The Kier molecular flexibility index (Phi) is 7.13. The minimum absolute atomic E-state index is 0.0881. The smallest absolute Gasteiger partial charge is 0.408 e. The van der Waals surface area contributed by atoms with Crippen molar-refractivity contribution >= 4 is 28.7 Å². The van der Waals surface area contributed by atoms with E-state index in [0.717, 1.165) is 23.6 Å². The van der Waals surface area contributed by atoms with Crippen molar-refractivity contribution in [3.63, 3.8) is 0 Å². The number of fused-ring (bicyclic) bond motifs is 1. The van der Waals surface area contributed by atoms with Gasteiger partial charge in [-0.1, -0.05) is 45.0 Å². The largest absolute Gasteiger partial charge is 0.444 e. The zero-order valence-corrected chi connectivity index (χ0v) is 23.0. The molecule has 4 rings (SSSR count). The number of likely N-dealkylation sites (tertiary alicyclic amines) is 1. The lowest BCUT2D eigenvalue weighted by atomic mass is 9.85. The van der Waals surface area contributed by atoms with E-state index >= 15 is 0 Å². The molecule has 1 saturated heterocycles. The highest BCUT2D eigenvalue weighted by Crippen LogP contribution is 2.55. The first-order chi connectivity index (χ1) is 17.7. The molecule has 0 bridgehead atoms. The molecular weight excluding hydrogens is 482 g/mol. The van der Waals surface area contributed by atoms with E-state index in [0.29, 0.717) is 18.5 Å². The Bertz CT molecular complexity index is 1280. The molecule has 202 valence electrons. The standard InChI is InChI=1S/C29H37N5O4/c1-27(2,3)23(33-26(37)38-28(4,5)6)25(36)34-17-29(11-12-29)13-22(34)24(35)32-21(14-30)20-16-31-15-18-9-7-8-10-19(18)20/h7-10,15-16,21-23H,11-13,17H2,1-6H3,(H,32,35)(H,33,37)/t21?,22-,23+/m0/s1. The zero-order valence-electron chi connectivity index (χ0n) is 23.0. The molecule has 3 amide bonds. The van der Waals surface area contributed by atoms with Crippen molar-refractivity contribution in [1.82, 2.24) is 20.5 Å². The first kappa shape index (κ1) is 27.4. The van der Waals surface area contributed by atoms with Crippen molar-refractivity contribution in [1.29, 1.82) is 5.26 Å². The highest BCUT2D eigenvalue weighted by Gasteiger charge is 2.56. The first-order valence-electron chi connectivity index (χ1n) is 13.1. The van der Waals surface area contributed by atoms with E-state index in [9.17, 15) is 19.6 Å². The Balaban J connectivity index is 1.57. The quantitative estimate of drug-likeness (QED) is 0.609. The maximum Gasteiger partial charge on any atom is 0.408 e. The number of aromatic nitrogens is 1. The number of pyridine rings is 1.